The summed E-state index contributed by atoms with van der Waals surface area (Å²) in [6.07, 6.45) is -3.45. The van der Waals surface area contributed by atoms with Gasteiger partial charge >= 0.3 is 5.97 Å². The third kappa shape index (κ3) is 18.3. The molecule has 0 saturated carbocycles. The van der Waals surface area contributed by atoms with Crippen molar-refractivity contribution in [1.29, 1.82) is 0 Å². The van der Waals surface area contributed by atoms with Gasteiger partial charge in [0.15, 0.2) is 18.3 Å². The summed E-state index contributed by atoms with van der Waals surface area (Å²) in [5.74, 6) is -1.55. The van der Waals surface area contributed by atoms with Crippen LogP contribution in [0.5, 0.6) is 0 Å². The Hall–Kier alpha value is -5.46. The van der Waals surface area contributed by atoms with Gasteiger partial charge in [-0.25, -0.2) is 17.4 Å². The van der Waals surface area contributed by atoms with Crippen molar-refractivity contribution in [3.05, 3.63) is 167 Å². The molecule has 0 heterocycles. The minimum atomic E-state index is -4.04. The van der Waals surface area contributed by atoms with Crippen molar-refractivity contribution in [2.75, 3.05) is 28.3 Å². The molecule has 0 bridgehead atoms. The molecule has 5 aromatic rings. The van der Waals surface area contributed by atoms with Gasteiger partial charge in [0.1, 0.15) is 0 Å². The number of rotatable bonds is 10. The number of methoxy groups -OCH3 is 1. The molecule has 0 aliphatic heterocycles. The normalized spacial score (nSPS) is 11.9. The van der Waals surface area contributed by atoms with E-state index in [4.69, 9.17) is 14.9 Å². The second-order valence-corrected chi connectivity index (χ2v) is 15.9. The third-order valence-corrected chi connectivity index (χ3v) is 10.2. The van der Waals surface area contributed by atoms with Crippen LogP contribution < -0.4 is 16.4 Å². The van der Waals surface area contributed by atoms with Crippen LogP contribution in [0.3, 0.4) is 0 Å². The number of aliphatic hydroxyl groups is 2. The van der Waals surface area contributed by atoms with Gasteiger partial charge in [-0.05, 0) is 61.9 Å². The maximum absolute atomic E-state index is 12.3. The van der Waals surface area contributed by atoms with E-state index in [1.807, 2.05) is 26.0 Å². The monoisotopic (exact) mass is 871 g/mol. The Labute approximate surface area is 350 Å². The van der Waals surface area contributed by atoms with Crippen LogP contribution in [0, 0.1) is 13.8 Å². The molecule has 318 valence electrons. The fraction of sp³-hybridized carbons (Fsp3) is 0.214. The van der Waals surface area contributed by atoms with E-state index in [-0.39, 0.29) is 15.7 Å². The summed E-state index contributed by atoms with van der Waals surface area (Å²) in [7, 11) is 3.17. The van der Waals surface area contributed by atoms with Crippen LogP contribution in [0.25, 0.3) is 0 Å². The smallest absolute Gasteiger partial charge is 0.339 e. The first-order valence-corrected chi connectivity index (χ1v) is 21.3. The number of likely N-dealkylation sites (N-methyl/N-ethyl adjacent to an activating group) is 2. The second-order valence-electron chi connectivity index (χ2n) is 11.8. The van der Waals surface area contributed by atoms with Crippen LogP contribution in [-0.4, -0.2) is 73.1 Å². The minimum Gasteiger partial charge on any atom is -0.467 e. The van der Waals surface area contributed by atoms with Gasteiger partial charge in [-0.1, -0.05) is 126 Å². The second kappa shape index (κ2) is 26.5. The maximum atomic E-state index is 12.3. The standard InChI is InChI=1S/C16H17NO4S.C9H11NO2.C9H10O3.C7H7ClO2S.CH5N/c1-12-8-10-14(11-9-12)22(19,20)21-15(16(18)17-2)13-6-4-3-5-7-13;1-10-9(12)8(11)7-5-3-2-4-6-7;1-12-9(11)8(10)7-5-3-2-4-6-7;1-6-2-4-7(5-3-6)11(8,9)10;1-2/h3-11,15H,1-2H3,(H,17,18);2-6,8,11H,1H3,(H,10,12);2-6,8,10H,1H3;2-5H,1H3;2H2,1H3/t15-;2*8-;;/m000../s1. The maximum Gasteiger partial charge on any atom is 0.339 e. The lowest BCUT2D eigenvalue weighted by Gasteiger charge is -2.16. The Bertz CT molecular complexity index is 2160. The first-order valence-electron chi connectivity index (χ1n) is 17.6. The van der Waals surface area contributed by atoms with E-state index in [1.54, 1.807) is 103 Å². The molecule has 2 amide bonds. The lowest BCUT2D eigenvalue weighted by molar-refractivity contribution is -0.150. The van der Waals surface area contributed by atoms with Gasteiger partial charge in [0.25, 0.3) is 31.0 Å². The van der Waals surface area contributed by atoms with E-state index in [0.717, 1.165) is 11.1 Å². The highest BCUT2D eigenvalue weighted by atomic mass is 35.7. The number of nitrogens with two attached hydrogens (primary N) is 1. The number of benzene rings is 5. The van der Waals surface area contributed by atoms with E-state index in [9.17, 15) is 41.4 Å². The van der Waals surface area contributed by atoms with Gasteiger partial charge in [-0.3, -0.25) is 9.59 Å². The number of esters is 1. The largest absolute Gasteiger partial charge is 0.467 e. The van der Waals surface area contributed by atoms with Gasteiger partial charge in [-0.15, -0.1) is 0 Å². The fourth-order valence-electron chi connectivity index (χ4n) is 4.40. The number of aliphatic hydroxyl groups excluding tert-OH is 2. The SMILES string of the molecule is CN.CNC(=O)[C@@H](O)c1ccccc1.CNC(=O)[C@@H](OS(=O)(=O)c1ccc(C)cc1)c1ccccc1.COC(=O)[C@@H](O)c1ccccc1.Cc1ccc(S(=O)(=O)Cl)cc1. The number of hydrogen-bond acceptors (Lipinski definition) is 12. The third-order valence-electron chi connectivity index (χ3n) is 7.57. The first-order chi connectivity index (χ1) is 27.9. The molecule has 3 atom stereocenters. The number of hydrogen-bond donors (Lipinski definition) is 5. The zero-order chi connectivity index (χ0) is 44.6. The van der Waals surface area contributed by atoms with Crippen molar-refractivity contribution in [1.82, 2.24) is 10.6 Å². The average Bonchev–Trinajstić information content (AvgIpc) is 3.26. The van der Waals surface area contributed by atoms with Crippen LogP contribution in [0.15, 0.2) is 149 Å². The first kappa shape index (κ1) is 51.6. The van der Waals surface area contributed by atoms with Crippen molar-refractivity contribution < 1.29 is 50.4 Å². The van der Waals surface area contributed by atoms with E-state index >= 15 is 0 Å². The van der Waals surface area contributed by atoms with Crippen LogP contribution in [0.1, 0.15) is 46.1 Å². The zero-order valence-corrected chi connectivity index (χ0v) is 35.7. The summed E-state index contributed by atoms with van der Waals surface area (Å²) in [5.41, 5.74) is 8.07. The topological polar surface area (TPSA) is 228 Å². The highest BCUT2D eigenvalue weighted by Gasteiger charge is 2.28. The van der Waals surface area contributed by atoms with Gasteiger partial charge in [0.05, 0.1) is 16.9 Å². The molecule has 0 radical (unpaired) electrons. The van der Waals surface area contributed by atoms with Gasteiger partial charge in [0.2, 0.25) is 0 Å². The molecule has 0 fully saturated rings. The Morgan fingerprint density at radius 3 is 1.29 bits per heavy atom. The predicted octanol–water partition coefficient (Wildman–Crippen LogP) is 5.04. The van der Waals surface area contributed by atoms with Gasteiger partial charge in [0, 0.05) is 24.8 Å². The molecule has 0 aliphatic rings. The number of carbonyl (C=O) groups is 3. The van der Waals surface area contributed by atoms with E-state index < -0.39 is 49.4 Å². The van der Waals surface area contributed by atoms with E-state index in [2.05, 4.69) is 21.1 Å². The molecule has 6 N–H and O–H groups in total. The van der Waals surface area contributed by atoms with Crippen molar-refractivity contribution >= 4 is 47.6 Å². The lowest BCUT2D eigenvalue weighted by Crippen LogP contribution is -2.29. The molecule has 59 heavy (non-hydrogen) atoms. The Kier molecular flexibility index (Phi) is 23.2. The fourth-order valence-corrected chi connectivity index (χ4v) is 6.21. The molecule has 17 heteroatoms. The van der Waals surface area contributed by atoms with Crippen LogP contribution in [0.2, 0.25) is 0 Å². The molecule has 0 aliphatic carbocycles. The zero-order valence-electron chi connectivity index (χ0n) is 33.4. The van der Waals surface area contributed by atoms with Gasteiger partial charge < -0.3 is 31.3 Å². The van der Waals surface area contributed by atoms with Crippen molar-refractivity contribution in [2.24, 2.45) is 5.73 Å². The average molecular weight is 872 g/mol. The summed E-state index contributed by atoms with van der Waals surface area (Å²) in [4.78, 5) is 33.9. The number of ether oxygens (including phenoxy) is 1. The molecular weight excluding hydrogens is 822 g/mol. The molecule has 0 unspecified atom stereocenters. The number of carbonyl (C=O) groups excluding carboxylic acids is 3. The molecule has 5 aromatic carbocycles. The molecule has 0 aromatic heterocycles. The highest BCUT2D eigenvalue weighted by Crippen LogP contribution is 2.24. The van der Waals surface area contributed by atoms with Gasteiger partial charge in [-0.2, -0.15) is 8.42 Å². The van der Waals surface area contributed by atoms with Crippen molar-refractivity contribution in [3.63, 3.8) is 0 Å². The van der Waals surface area contributed by atoms with Crippen molar-refractivity contribution in [2.45, 2.75) is 42.0 Å². The summed E-state index contributed by atoms with van der Waals surface area (Å²) >= 11 is 0. The molecule has 14 nitrogen and oxygen atoms in total. The highest BCUT2D eigenvalue weighted by molar-refractivity contribution is 8.13. The molecular formula is C42H50ClN3O11S2. The van der Waals surface area contributed by atoms with E-state index in [0.29, 0.717) is 16.7 Å². The van der Waals surface area contributed by atoms with Crippen molar-refractivity contribution in [3.8, 4) is 0 Å². The molecule has 0 spiro atoms. The number of amides is 2. The Balaban J connectivity index is 0.000000407. The van der Waals surface area contributed by atoms with E-state index in [1.165, 1.54) is 52.5 Å². The minimum absolute atomic E-state index is 0.0166. The van der Waals surface area contributed by atoms with Crippen LogP contribution in [0.4, 0.5) is 0 Å². The number of aryl methyl sites for hydroxylation is 2. The number of nitrogens with one attached hydrogen (secondary N) is 2. The lowest BCUT2D eigenvalue weighted by atomic mass is 10.1. The summed E-state index contributed by atoms with van der Waals surface area (Å²) in [5, 5.41) is 23.5. The Morgan fingerprint density at radius 2 is 0.932 bits per heavy atom. The van der Waals surface area contributed by atoms with Crippen LogP contribution >= 0.6 is 10.7 Å². The quantitative estimate of drug-likeness (QED) is 0.0707. The van der Waals surface area contributed by atoms with Crippen LogP contribution in [-0.2, 0) is 42.5 Å². The predicted molar refractivity (Wildman–Crippen MR) is 226 cm³/mol. The summed E-state index contributed by atoms with van der Waals surface area (Å²) in [6, 6.07) is 38.6. The summed E-state index contributed by atoms with van der Waals surface area (Å²) < 4.78 is 55.7. The molecule has 5 rings (SSSR count). The summed E-state index contributed by atoms with van der Waals surface area (Å²) in [6.45, 7) is 3.74. The molecule has 0 saturated heterocycles. The Morgan fingerprint density at radius 1 is 0.576 bits per heavy atom. The number of halogens is 1.